The number of methoxy groups -OCH3 is 1. The molecule has 0 aliphatic carbocycles. The van der Waals surface area contributed by atoms with E-state index in [1.54, 1.807) is 7.11 Å². The molecule has 0 saturated carbocycles. The Morgan fingerprint density at radius 3 is 3.11 bits per heavy atom. The van der Waals surface area contributed by atoms with Gasteiger partial charge in [0.15, 0.2) is 5.82 Å². The molecule has 2 rings (SSSR count). The van der Waals surface area contributed by atoms with Crippen LogP contribution in [-0.2, 0) is 17.9 Å². The predicted octanol–water partition coefficient (Wildman–Crippen LogP) is 1.34. The molecule has 6 heteroatoms. The molecule has 2 heterocycles. The molecule has 2 unspecified atom stereocenters. The topological polar surface area (TPSA) is 71.6 Å². The van der Waals surface area contributed by atoms with Crippen molar-refractivity contribution in [3.63, 3.8) is 0 Å². The lowest BCUT2D eigenvalue weighted by Crippen LogP contribution is -2.46. The van der Waals surface area contributed by atoms with Gasteiger partial charge in [0.2, 0.25) is 5.89 Å². The van der Waals surface area contributed by atoms with Crippen molar-refractivity contribution in [2.24, 2.45) is 0 Å². The lowest BCUT2D eigenvalue weighted by molar-refractivity contribution is 0.0145. The van der Waals surface area contributed by atoms with Crippen molar-refractivity contribution in [2.45, 2.75) is 57.9 Å². The minimum Gasteiger partial charge on any atom is -0.392 e. The van der Waals surface area contributed by atoms with E-state index < -0.39 is 0 Å². The number of nitrogens with zero attached hydrogens (tertiary/aromatic N) is 3. The van der Waals surface area contributed by atoms with E-state index in [0.29, 0.717) is 24.9 Å². The van der Waals surface area contributed by atoms with Crippen LogP contribution in [0.3, 0.4) is 0 Å². The fraction of sp³-hybridized carbons (Fsp3) is 0.846. The first-order valence-corrected chi connectivity index (χ1v) is 6.97. The van der Waals surface area contributed by atoms with Crippen LogP contribution in [0.2, 0.25) is 0 Å². The zero-order chi connectivity index (χ0) is 13.7. The average molecular weight is 269 g/mol. The highest BCUT2D eigenvalue weighted by Gasteiger charge is 2.28. The van der Waals surface area contributed by atoms with Crippen molar-refractivity contribution in [1.82, 2.24) is 15.0 Å². The SMILES string of the molecule is CCC(O)C1CCCCN1Cc1nc(COC)no1. The standard InChI is InChI=1S/C13H23N3O3/c1-3-11(17)10-6-4-5-7-16(10)8-13-14-12(9-18-2)15-19-13/h10-11,17H,3-9H2,1-2H3. The van der Waals surface area contributed by atoms with Crippen LogP contribution >= 0.6 is 0 Å². The highest BCUT2D eigenvalue weighted by atomic mass is 16.5. The predicted molar refractivity (Wildman–Crippen MR) is 69.4 cm³/mol. The van der Waals surface area contributed by atoms with E-state index in [1.807, 2.05) is 6.92 Å². The normalized spacial score (nSPS) is 22.6. The van der Waals surface area contributed by atoms with Crippen LogP contribution in [-0.4, -0.2) is 45.9 Å². The zero-order valence-electron chi connectivity index (χ0n) is 11.7. The molecular formula is C13H23N3O3. The van der Waals surface area contributed by atoms with Gasteiger partial charge in [-0.25, -0.2) is 0 Å². The maximum atomic E-state index is 10.1. The van der Waals surface area contributed by atoms with Crippen LogP contribution in [0, 0.1) is 0 Å². The third-order valence-corrected chi connectivity index (χ3v) is 3.65. The summed E-state index contributed by atoms with van der Waals surface area (Å²) in [5.41, 5.74) is 0. The van der Waals surface area contributed by atoms with Crippen molar-refractivity contribution >= 4 is 0 Å². The van der Waals surface area contributed by atoms with Crippen molar-refractivity contribution in [3.8, 4) is 0 Å². The zero-order valence-corrected chi connectivity index (χ0v) is 11.7. The smallest absolute Gasteiger partial charge is 0.240 e. The number of likely N-dealkylation sites (tertiary alicyclic amines) is 1. The van der Waals surface area contributed by atoms with Gasteiger partial charge in [0.1, 0.15) is 6.61 Å². The number of aliphatic hydroxyl groups excluding tert-OH is 1. The molecule has 0 radical (unpaired) electrons. The van der Waals surface area contributed by atoms with E-state index in [4.69, 9.17) is 9.26 Å². The summed E-state index contributed by atoms with van der Waals surface area (Å²) in [6, 6.07) is 0.205. The highest BCUT2D eigenvalue weighted by molar-refractivity contribution is 4.89. The Morgan fingerprint density at radius 1 is 1.53 bits per heavy atom. The van der Waals surface area contributed by atoms with Crippen LogP contribution in [0.4, 0.5) is 0 Å². The molecule has 1 aliphatic heterocycles. The van der Waals surface area contributed by atoms with Gasteiger partial charge in [-0.1, -0.05) is 18.5 Å². The molecule has 19 heavy (non-hydrogen) atoms. The molecule has 1 saturated heterocycles. The molecule has 2 atom stereocenters. The quantitative estimate of drug-likeness (QED) is 0.840. The first kappa shape index (κ1) is 14.4. The molecule has 0 amide bonds. The molecule has 0 spiro atoms. The van der Waals surface area contributed by atoms with E-state index >= 15 is 0 Å². The molecule has 1 aliphatic rings. The molecule has 6 nitrogen and oxygen atoms in total. The van der Waals surface area contributed by atoms with E-state index in [1.165, 1.54) is 6.42 Å². The van der Waals surface area contributed by atoms with Gasteiger partial charge < -0.3 is 14.4 Å². The lowest BCUT2D eigenvalue weighted by atomic mass is 9.96. The van der Waals surface area contributed by atoms with Crippen molar-refractivity contribution in [2.75, 3.05) is 13.7 Å². The highest BCUT2D eigenvalue weighted by Crippen LogP contribution is 2.22. The maximum Gasteiger partial charge on any atom is 0.240 e. The minimum atomic E-state index is -0.276. The number of hydrogen-bond donors (Lipinski definition) is 1. The first-order valence-electron chi connectivity index (χ1n) is 6.97. The van der Waals surface area contributed by atoms with E-state index in [-0.39, 0.29) is 12.1 Å². The molecule has 0 bridgehead atoms. The Morgan fingerprint density at radius 2 is 2.37 bits per heavy atom. The number of rotatable bonds is 6. The van der Waals surface area contributed by atoms with Gasteiger partial charge >= 0.3 is 0 Å². The number of aliphatic hydroxyl groups is 1. The number of hydrogen-bond acceptors (Lipinski definition) is 6. The van der Waals surface area contributed by atoms with Crippen molar-refractivity contribution in [3.05, 3.63) is 11.7 Å². The molecule has 1 aromatic heterocycles. The molecular weight excluding hydrogens is 246 g/mol. The van der Waals surface area contributed by atoms with Crippen LogP contribution in [0.1, 0.15) is 44.3 Å². The molecule has 1 N–H and O–H groups in total. The van der Waals surface area contributed by atoms with Gasteiger partial charge in [-0.15, -0.1) is 0 Å². The summed E-state index contributed by atoms with van der Waals surface area (Å²) in [6.45, 7) is 3.97. The second-order valence-electron chi connectivity index (χ2n) is 5.05. The summed E-state index contributed by atoms with van der Waals surface area (Å²) in [6.07, 6.45) is 3.87. The Balaban J connectivity index is 1.98. The van der Waals surface area contributed by atoms with Crippen LogP contribution in [0.25, 0.3) is 0 Å². The van der Waals surface area contributed by atoms with E-state index in [9.17, 15) is 5.11 Å². The largest absolute Gasteiger partial charge is 0.392 e. The molecule has 1 aromatic rings. The number of ether oxygens (including phenoxy) is 1. The second kappa shape index (κ2) is 6.98. The Bertz CT molecular complexity index is 383. The van der Waals surface area contributed by atoms with Gasteiger partial charge in [0.25, 0.3) is 0 Å². The van der Waals surface area contributed by atoms with Crippen LogP contribution in [0.15, 0.2) is 4.52 Å². The number of piperidine rings is 1. The fourth-order valence-electron chi connectivity index (χ4n) is 2.64. The summed E-state index contributed by atoms with van der Waals surface area (Å²) in [4.78, 5) is 6.54. The van der Waals surface area contributed by atoms with Gasteiger partial charge in [-0.2, -0.15) is 4.98 Å². The Kier molecular flexibility index (Phi) is 5.30. The second-order valence-corrected chi connectivity index (χ2v) is 5.05. The van der Waals surface area contributed by atoms with Gasteiger partial charge in [0.05, 0.1) is 12.6 Å². The van der Waals surface area contributed by atoms with Gasteiger partial charge in [-0.3, -0.25) is 4.90 Å². The van der Waals surface area contributed by atoms with Crippen LogP contribution in [0.5, 0.6) is 0 Å². The third kappa shape index (κ3) is 3.75. The molecule has 0 aromatic carbocycles. The average Bonchev–Trinajstić information content (AvgIpc) is 2.86. The minimum absolute atomic E-state index is 0.205. The molecule has 108 valence electrons. The van der Waals surface area contributed by atoms with Crippen molar-refractivity contribution < 1.29 is 14.4 Å². The lowest BCUT2D eigenvalue weighted by Gasteiger charge is -2.37. The third-order valence-electron chi connectivity index (χ3n) is 3.65. The monoisotopic (exact) mass is 269 g/mol. The number of aromatic nitrogens is 2. The molecule has 1 fully saturated rings. The van der Waals surface area contributed by atoms with E-state index in [0.717, 1.165) is 25.8 Å². The Labute approximate surface area is 113 Å². The summed E-state index contributed by atoms with van der Waals surface area (Å²) < 4.78 is 10.2. The van der Waals surface area contributed by atoms with Gasteiger partial charge in [0, 0.05) is 13.2 Å². The fourth-order valence-corrected chi connectivity index (χ4v) is 2.64. The summed E-state index contributed by atoms with van der Waals surface area (Å²) in [5, 5.41) is 14.0. The summed E-state index contributed by atoms with van der Waals surface area (Å²) in [5.74, 6) is 1.17. The Hall–Kier alpha value is -0.980. The summed E-state index contributed by atoms with van der Waals surface area (Å²) >= 11 is 0. The van der Waals surface area contributed by atoms with E-state index in [2.05, 4.69) is 15.0 Å². The van der Waals surface area contributed by atoms with Crippen molar-refractivity contribution in [1.29, 1.82) is 0 Å². The first-order chi connectivity index (χ1) is 9.24. The maximum absolute atomic E-state index is 10.1. The summed E-state index contributed by atoms with van der Waals surface area (Å²) in [7, 11) is 1.61. The van der Waals surface area contributed by atoms with Gasteiger partial charge in [-0.05, 0) is 25.8 Å². The van der Waals surface area contributed by atoms with Crippen LogP contribution < -0.4 is 0 Å².